The normalized spacial score (nSPS) is 22.0. The Labute approximate surface area is 132 Å². The Morgan fingerprint density at radius 1 is 0.909 bits per heavy atom. The van der Waals surface area contributed by atoms with Crippen LogP contribution in [-0.2, 0) is 10.2 Å². The van der Waals surface area contributed by atoms with Gasteiger partial charge in [0.2, 0.25) is 0 Å². The van der Waals surface area contributed by atoms with Crippen LogP contribution >= 0.6 is 0 Å². The molecule has 2 saturated heterocycles. The first-order valence-corrected chi connectivity index (χ1v) is 9.33. The molecular weight excluding hydrogens is 300 g/mol. The molecule has 22 heavy (non-hydrogen) atoms. The van der Waals surface area contributed by atoms with Gasteiger partial charge in [0.15, 0.2) is 5.78 Å². The van der Waals surface area contributed by atoms with Gasteiger partial charge in [-0.25, -0.2) is 0 Å². The Kier molecular flexibility index (Phi) is 4.61. The number of hydrogen-bond donors (Lipinski definition) is 0. The minimum absolute atomic E-state index is 0.0626. The van der Waals surface area contributed by atoms with Crippen LogP contribution in [0.4, 0.5) is 0 Å². The van der Waals surface area contributed by atoms with Crippen molar-refractivity contribution >= 4 is 16.0 Å². The second kappa shape index (κ2) is 6.48. The third-order valence-corrected chi connectivity index (χ3v) is 6.64. The Morgan fingerprint density at radius 3 is 2.05 bits per heavy atom. The number of benzene rings is 1. The molecule has 3 rings (SSSR count). The lowest BCUT2D eigenvalue weighted by Gasteiger charge is -2.33. The van der Waals surface area contributed by atoms with Crippen molar-refractivity contribution in [3.05, 3.63) is 35.9 Å². The van der Waals surface area contributed by atoms with Crippen LogP contribution in [0.5, 0.6) is 0 Å². The molecular formula is C16H22N2O3S. The lowest BCUT2D eigenvalue weighted by atomic mass is 9.90. The van der Waals surface area contributed by atoms with E-state index < -0.39 is 10.2 Å². The van der Waals surface area contributed by atoms with Crippen LogP contribution < -0.4 is 0 Å². The van der Waals surface area contributed by atoms with E-state index in [0.717, 1.165) is 18.4 Å². The molecule has 2 heterocycles. The third-order valence-electron chi connectivity index (χ3n) is 4.60. The fraction of sp³-hybridized carbons (Fsp3) is 0.562. The molecule has 0 saturated carbocycles. The fourth-order valence-corrected chi connectivity index (χ4v) is 4.99. The summed E-state index contributed by atoms with van der Waals surface area (Å²) < 4.78 is 28.1. The molecule has 0 amide bonds. The minimum atomic E-state index is -3.32. The van der Waals surface area contributed by atoms with Crippen molar-refractivity contribution in [1.82, 2.24) is 8.61 Å². The summed E-state index contributed by atoms with van der Waals surface area (Å²) in [4.78, 5) is 12.4. The van der Waals surface area contributed by atoms with Gasteiger partial charge in [0.25, 0.3) is 10.2 Å². The van der Waals surface area contributed by atoms with E-state index in [1.54, 1.807) is 8.61 Å². The Balaban J connectivity index is 1.62. The van der Waals surface area contributed by atoms with Crippen molar-refractivity contribution < 1.29 is 13.2 Å². The molecule has 0 radical (unpaired) electrons. The van der Waals surface area contributed by atoms with Crippen molar-refractivity contribution in [2.75, 3.05) is 26.2 Å². The van der Waals surface area contributed by atoms with E-state index in [0.29, 0.717) is 39.0 Å². The van der Waals surface area contributed by atoms with Crippen LogP contribution in [0.1, 0.15) is 36.0 Å². The number of ketones is 1. The zero-order valence-corrected chi connectivity index (χ0v) is 13.5. The van der Waals surface area contributed by atoms with Gasteiger partial charge < -0.3 is 0 Å². The number of carbonyl (C=O) groups is 1. The first-order chi connectivity index (χ1) is 10.6. The van der Waals surface area contributed by atoms with Crippen LogP contribution in [0, 0.1) is 5.92 Å². The molecule has 0 spiro atoms. The standard InChI is InChI=1S/C16H22N2O3S/c19-16(14-6-2-1-3-7-14)15-8-12-18(13-9-15)22(20,21)17-10-4-5-11-17/h1-3,6-7,15H,4-5,8-13H2. The zero-order valence-electron chi connectivity index (χ0n) is 12.6. The van der Waals surface area contributed by atoms with Gasteiger partial charge >= 0.3 is 0 Å². The second-order valence-corrected chi connectivity index (χ2v) is 7.95. The Bertz CT molecular complexity index is 616. The predicted octanol–water partition coefficient (Wildman–Crippen LogP) is 1.92. The van der Waals surface area contributed by atoms with E-state index in [1.165, 1.54) is 0 Å². The van der Waals surface area contributed by atoms with Crippen LogP contribution in [-0.4, -0.2) is 49.0 Å². The molecule has 2 fully saturated rings. The molecule has 6 heteroatoms. The summed E-state index contributed by atoms with van der Waals surface area (Å²) in [7, 11) is -3.32. The first kappa shape index (κ1) is 15.6. The fourth-order valence-electron chi connectivity index (χ4n) is 3.27. The summed E-state index contributed by atoms with van der Waals surface area (Å²) in [5, 5.41) is 0. The molecule has 0 bridgehead atoms. The van der Waals surface area contributed by atoms with E-state index in [-0.39, 0.29) is 11.7 Å². The lowest BCUT2D eigenvalue weighted by Crippen LogP contribution is -2.46. The largest absolute Gasteiger partial charge is 0.294 e. The maximum Gasteiger partial charge on any atom is 0.281 e. The van der Waals surface area contributed by atoms with Gasteiger partial charge in [0.1, 0.15) is 0 Å². The molecule has 0 unspecified atom stereocenters. The SMILES string of the molecule is O=C(c1ccccc1)C1CCN(S(=O)(=O)N2CCCC2)CC1. The second-order valence-electron chi connectivity index (χ2n) is 6.02. The molecule has 1 aromatic rings. The summed E-state index contributed by atoms with van der Waals surface area (Å²) in [6.45, 7) is 2.15. The van der Waals surface area contributed by atoms with Gasteiger partial charge in [-0.2, -0.15) is 17.0 Å². The average Bonchev–Trinajstić information content (AvgIpc) is 3.10. The van der Waals surface area contributed by atoms with Crippen molar-refractivity contribution in [3.63, 3.8) is 0 Å². The van der Waals surface area contributed by atoms with Crippen LogP contribution in [0.2, 0.25) is 0 Å². The minimum Gasteiger partial charge on any atom is -0.294 e. The first-order valence-electron chi connectivity index (χ1n) is 7.93. The number of nitrogens with zero attached hydrogens (tertiary/aromatic N) is 2. The zero-order chi connectivity index (χ0) is 15.6. The number of carbonyl (C=O) groups excluding carboxylic acids is 1. The molecule has 0 N–H and O–H groups in total. The number of piperidine rings is 1. The van der Waals surface area contributed by atoms with Crippen molar-refractivity contribution in [1.29, 1.82) is 0 Å². The van der Waals surface area contributed by atoms with Gasteiger partial charge in [-0.05, 0) is 25.7 Å². The summed E-state index contributed by atoms with van der Waals surface area (Å²) >= 11 is 0. The highest BCUT2D eigenvalue weighted by molar-refractivity contribution is 7.86. The van der Waals surface area contributed by atoms with E-state index >= 15 is 0 Å². The topological polar surface area (TPSA) is 57.7 Å². The van der Waals surface area contributed by atoms with E-state index in [9.17, 15) is 13.2 Å². The molecule has 0 atom stereocenters. The van der Waals surface area contributed by atoms with E-state index in [4.69, 9.17) is 0 Å². The quantitative estimate of drug-likeness (QED) is 0.796. The lowest BCUT2D eigenvalue weighted by molar-refractivity contribution is 0.0873. The van der Waals surface area contributed by atoms with Crippen molar-refractivity contribution in [3.8, 4) is 0 Å². The number of rotatable bonds is 4. The van der Waals surface area contributed by atoms with Gasteiger partial charge in [-0.1, -0.05) is 30.3 Å². The maximum absolute atomic E-state index is 12.5. The molecule has 0 aliphatic carbocycles. The summed E-state index contributed by atoms with van der Waals surface area (Å²) in [5.41, 5.74) is 0.725. The monoisotopic (exact) mass is 322 g/mol. The van der Waals surface area contributed by atoms with Crippen LogP contribution in [0.3, 0.4) is 0 Å². The molecule has 1 aromatic carbocycles. The molecule has 5 nitrogen and oxygen atoms in total. The Morgan fingerprint density at radius 2 is 1.45 bits per heavy atom. The highest BCUT2D eigenvalue weighted by Gasteiger charge is 2.35. The summed E-state index contributed by atoms with van der Waals surface area (Å²) in [6, 6.07) is 9.27. The highest BCUT2D eigenvalue weighted by atomic mass is 32.2. The molecule has 2 aliphatic rings. The van der Waals surface area contributed by atoms with Crippen LogP contribution in [0.15, 0.2) is 30.3 Å². The molecule has 120 valence electrons. The summed E-state index contributed by atoms with van der Waals surface area (Å²) in [6.07, 6.45) is 3.12. The van der Waals surface area contributed by atoms with Crippen LogP contribution in [0.25, 0.3) is 0 Å². The third kappa shape index (κ3) is 3.09. The van der Waals surface area contributed by atoms with Gasteiger partial charge in [-0.15, -0.1) is 0 Å². The molecule has 2 aliphatic heterocycles. The van der Waals surface area contributed by atoms with Crippen molar-refractivity contribution in [2.45, 2.75) is 25.7 Å². The smallest absolute Gasteiger partial charge is 0.281 e. The van der Waals surface area contributed by atoms with Crippen molar-refractivity contribution in [2.24, 2.45) is 5.92 Å². The van der Waals surface area contributed by atoms with Gasteiger partial charge in [-0.3, -0.25) is 4.79 Å². The Hall–Kier alpha value is -1.24. The number of Topliss-reactive ketones (excluding diaryl/α,β-unsaturated/α-hetero) is 1. The van der Waals surface area contributed by atoms with Gasteiger partial charge in [0, 0.05) is 37.7 Å². The van der Waals surface area contributed by atoms with E-state index in [1.807, 2.05) is 30.3 Å². The summed E-state index contributed by atoms with van der Waals surface area (Å²) in [5.74, 6) is 0.0752. The molecule has 0 aromatic heterocycles. The van der Waals surface area contributed by atoms with Gasteiger partial charge in [0.05, 0.1) is 0 Å². The maximum atomic E-state index is 12.5. The average molecular weight is 322 g/mol. The highest BCUT2D eigenvalue weighted by Crippen LogP contribution is 2.25. The number of hydrogen-bond acceptors (Lipinski definition) is 3. The predicted molar refractivity (Wildman–Crippen MR) is 84.8 cm³/mol. The van der Waals surface area contributed by atoms with E-state index in [2.05, 4.69) is 0 Å².